The fraction of sp³-hybridized carbons (Fsp3) is 0.267. The van der Waals surface area contributed by atoms with Crippen LogP contribution in [0.2, 0.25) is 0 Å². The standard InChI is InChI=1S/C15H18N/c1-11-5-7-14(13(3)9-11)15-8-6-12(2)10-16(15)4/h5-10H,1-4H3/q+1/i6D,8D,10D. The minimum Gasteiger partial charge on any atom is -0.201 e. The number of rotatable bonds is 1. The van der Waals surface area contributed by atoms with Crippen molar-refractivity contribution in [3.63, 3.8) is 0 Å². The molecule has 1 heterocycles. The third-order valence-electron chi connectivity index (χ3n) is 2.68. The molecule has 82 valence electrons. The van der Waals surface area contributed by atoms with Gasteiger partial charge in [0.15, 0.2) is 6.17 Å². The van der Waals surface area contributed by atoms with Crippen LogP contribution < -0.4 is 4.57 Å². The van der Waals surface area contributed by atoms with Crippen LogP contribution in [0.3, 0.4) is 0 Å². The van der Waals surface area contributed by atoms with E-state index in [9.17, 15) is 0 Å². The van der Waals surface area contributed by atoms with Crippen LogP contribution in [0.4, 0.5) is 0 Å². The lowest BCUT2D eigenvalue weighted by molar-refractivity contribution is -0.660. The second-order valence-electron chi connectivity index (χ2n) is 4.21. The molecule has 16 heavy (non-hydrogen) atoms. The highest BCUT2D eigenvalue weighted by atomic mass is 14.9. The first-order chi connectivity index (χ1) is 8.84. The molecule has 0 radical (unpaired) electrons. The van der Waals surface area contributed by atoms with Crippen molar-refractivity contribution in [1.29, 1.82) is 0 Å². The number of aryl methyl sites for hydroxylation is 2. The van der Waals surface area contributed by atoms with Crippen molar-refractivity contribution in [2.24, 2.45) is 7.05 Å². The minimum absolute atomic E-state index is 0.137. The Morgan fingerprint density at radius 3 is 2.50 bits per heavy atom. The topological polar surface area (TPSA) is 3.88 Å². The zero-order valence-electron chi connectivity index (χ0n) is 13.2. The zero-order valence-corrected chi connectivity index (χ0v) is 10.2. The second-order valence-corrected chi connectivity index (χ2v) is 4.21. The van der Waals surface area contributed by atoms with Gasteiger partial charge in [0.25, 0.3) is 0 Å². The highest BCUT2D eigenvalue weighted by Gasteiger charge is 2.11. The van der Waals surface area contributed by atoms with Crippen molar-refractivity contribution in [3.05, 3.63) is 53.1 Å². The molecule has 0 N–H and O–H groups in total. The van der Waals surface area contributed by atoms with Gasteiger partial charge in [-0.2, -0.15) is 0 Å². The first kappa shape index (κ1) is 7.61. The number of pyridine rings is 1. The fourth-order valence-corrected chi connectivity index (χ4v) is 1.90. The molecule has 0 aliphatic rings. The summed E-state index contributed by atoms with van der Waals surface area (Å²) in [6.45, 7) is 5.74. The molecule has 1 aromatic heterocycles. The van der Waals surface area contributed by atoms with Gasteiger partial charge in [0.1, 0.15) is 8.42 Å². The predicted molar refractivity (Wildman–Crippen MR) is 67.3 cm³/mol. The molecule has 0 spiro atoms. The summed E-state index contributed by atoms with van der Waals surface area (Å²) in [7, 11) is 1.78. The average Bonchev–Trinajstić information content (AvgIpc) is 2.37. The normalized spacial score (nSPS) is 13.1. The van der Waals surface area contributed by atoms with E-state index in [1.54, 1.807) is 18.5 Å². The summed E-state index contributed by atoms with van der Waals surface area (Å²) in [6.07, 6.45) is 0.288. The summed E-state index contributed by atoms with van der Waals surface area (Å²) < 4.78 is 25.9. The largest absolute Gasteiger partial charge is 0.212 e. The van der Waals surface area contributed by atoms with Crippen molar-refractivity contribution in [3.8, 4) is 11.3 Å². The van der Waals surface area contributed by atoms with E-state index in [0.29, 0.717) is 11.3 Å². The molecule has 0 fully saturated rings. The molecule has 0 aliphatic carbocycles. The molecular formula is C15H18N+. The average molecular weight is 215 g/mol. The van der Waals surface area contributed by atoms with Crippen LogP contribution in [0.1, 0.15) is 20.8 Å². The van der Waals surface area contributed by atoms with Gasteiger partial charge in [-0.05, 0) is 38.4 Å². The molecule has 1 aromatic carbocycles. The summed E-state index contributed by atoms with van der Waals surface area (Å²) in [4.78, 5) is 0. The molecule has 0 unspecified atom stereocenters. The Kier molecular flexibility index (Phi) is 1.95. The van der Waals surface area contributed by atoms with Gasteiger partial charge in [0.2, 0.25) is 5.69 Å². The Morgan fingerprint density at radius 2 is 1.81 bits per heavy atom. The minimum atomic E-state index is 0.137. The summed E-state index contributed by atoms with van der Waals surface area (Å²) in [6, 6.07) is 6.34. The fourth-order valence-electron chi connectivity index (χ4n) is 1.90. The van der Waals surface area contributed by atoms with E-state index in [-0.39, 0.29) is 18.3 Å². The molecule has 0 aliphatic heterocycles. The molecule has 1 nitrogen and oxygen atoms in total. The Morgan fingerprint density at radius 1 is 1.06 bits per heavy atom. The lowest BCUT2D eigenvalue weighted by Gasteiger charge is -2.05. The molecule has 2 rings (SSSR count). The van der Waals surface area contributed by atoms with E-state index in [0.717, 1.165) is 11.1 Å². The Labute approximate surface area is 102 Å². The van der Waals surface area contributed by atoms with E-state index in [4.69, 9.17) is 4.11 Å². The highest BCUT2D eigenvalue weighted by Crippen LogP contribution is 2.21. The van der Waals surface area contributed by atoms with Gasteiger partial charge in [-0.15, -0.1) is 0 Å². The molecule has 1 heteroatoms. The molecular weight excluding hydrogens is 194 g/mol. The number of aromatic nitrogens is 1. The maximum absolute atomic E-state index is 8.17. The number of hydrogen-bond donors (Lipinski definition) is 0. The van der Waals surface area contributed by atoms with Gasteiger partial charge in [-0.1, -0.05) is 17.7 Å². The zero-order chi connectivity index (χ0) is 14.3. The van der Waals surface area contributed by atoms with Crippen LogP contribution >= 0.6 is 0 Å². The Balaban J connectivity index is 2.83. The molecule has 2 aromatic rings. The monoisotopic (exact) mass is 215 g/mol. The van der Waals surface area contributed by atoms with E-state index in [1.165, 1.54) is 5.56 Å². The first-order valence-electron chi connectivity index (χ1n) is 6.88. The van der Waals surface area contributed by atoms with E-state index < -0.39 is 0 Å². The first-order valence-corrected chi connectivity index (χ1v) is 5.38. The van der Waals surface area contributed by atoms with E-state index in [1.807, 2.05) is 26.0 Å². The van der Waals surface area contributed by atoms with Crippen LogP contribution in [0.15, 0.2) is 36.5 Å². The number of nitrogens with zero attached hydrogens (tertiary/aromatic N) is 1. The molecule has 0 amide bonds. The van der Waals surface area contributed by atoms with Crippen LogP contribution in [-0.4, -0.2) is 0 Å². The van der Waals surface area contributed by atoms with E-state index in [2.05, 4.69) is 6.07 Å². The van der Waals surface area contributed by atoms with Crippen LogP contribution in [-0.2, 0) is 7.05 Å². The van der Waals surface area contributed by atoms with Gasteiger partial charge in [0, 0.05) is 17.2 Å². The van der Waals surface area contributed by atoms with E-state index >= 15 is 0 Å². The van der Waals surface area contributed by atoms with Gasteiger partial charge in [-0.25, -0.2) is 4.57 Å². The number of benzene rings is 1. The summed E-state index contributed by atoms with van der Waals surface area (Å²) >= 11 is 0. The van der Waals surface area contributed by atoms with Crippen LogP contribution in [0.25, 0.3) is 11.3 Å². The van der Waals surface area contributed by atoms with Crippen LogP contribution in [0, 0.1) is 20.8 Å². The van der Waals surface area contributed by atoms with Crippen molar-refractivity contribution in [2.75, 3.05) is 0 Å². The van der Waals surface area contributed by atoms with Crippen molar-refractivity contribution in [2.45, 2.75) is 20.8 Å². The summed E-state index contributed by atoms with van der Waals surface area (Å²) in [5.74, 6) is 0. The Hall–Kier alpha value is -1.63. The van der Waals surface area contributed by atoms with Gasteiger partial charge >= 0.3 is 0 Å². The maximum Gasteiger partial charge on any atom is 0.212 e. The molecule has 0 bridgehead atoms. The van der Waals surface area contributed by atoms with Crippen molar-refractivity contribution < 1.29 is 8.68 Å². The second kappa shape index (κ2) is 4.09. The summed E-state index contributed by atoms with van der Waals surface area (Å²) in [5.41, 5.74) is 4.32. The van der Waals surface area contributed by atoms with Crippen LogP contribution in [0.5, 0.6) is 0 Å². The quantitative estimate of drug-likeness (QED) is 0.644. The van der Waals surface area contributed by atoms with Gasteiger partial charge < -0.3 is 0 Å². The van der Waals surface area contributed by atoms with Gasteiger partial charge in [-0.3, -0.25) is 0 Å². The third kappa shape index (κ3) is 1.99. The van der Waals surface area contributed by atoms with Crippen molar-refractivity contribution in [1.82, 2.24) is 0 Å². The van der Waals surface area contributed by atoms with Gasteiger partial charge in [0.05, 0.1) is 2.74 Å². The SMILES string of the molecule is [2H]c1c([2H])c(-c2ccc(C)cc2C)[n+](C)c([2H])c1C. The number of hydrogen-bond acceptors (Lipinski definition) is 0. The van der Waals surface area contributed by atoms with Crippen molar-refractivity contribution >= 4 is 0 Å². The molecule has 0 atom stereocenters. The molecule has 0 saturated carbocycles. The predicted octanol–water partition coefficient (Wildman–Crippen LogP) is 3.10. The Bertz CT molecular complexity index is 634. The smallest absolute Gasteiger partial charge is 0.201 e. The lowest BCUT2D eigenvalue weighted by Crippen LogP contribution is -2.31. The third-order valence-corrected chi connectivity index (χ3v) is 2.68. The highest BCUT2D eigenvalue weighted by molar-refractivity contribution is 5.61. The summed E-state index contributed by atoms with van der Waals surface area (Å²) in [5, 5.41) is 0. The molecule has 0 saturated heterocycles. The lowest BCUT2D eigenvalue weighted by atomic mass is 10.0. The maximum atomic E-state index is 8.17.